The predicted molar refractivity (Wildman–Crippen MR) is 80.6 cm³/mol. The highest BCUT2D eigenvalue weighted by molar-refractivity contribution is 5.98. The van der Waals surface area contributed by atoms with E-state index < -0.39 is 22.5 Å². The van der Waals surface area contributed by atoms with Crippen molar-refractivity contribution in [3.8, 4) is 0 Å². The molecule has 1 atom stereocenters. The van der Waals surface area contributed by atoms with Gasteiger partial charge in [-0.1, -0.05) is 0 Å². The summed E-state index contributed by atoms with van der Waals surface area (Å²) in [5.74, 6) is -1.48. The van der Waals surface area contributed by atoms with Gasteiger partial charge >= 0.3 is 5.97 Å². The number of hydrogen-bond acceptors (Lipinski definition) is 5. The number of nitro benzene ring substituents is 1. The smallest absolute Gasteiger partial charge is 0.335 e. The predicted octanol–water partition coefficient (Wildman–Crippen LogP) is 1.79. The molecule has 1 aliphatic rings. The largest absolute Gasteiger partial charge is 0.478 e. The third-order valence-electron chi connectivity index (χ3n) is 3.83. The van der Waals surface area contributed by atoms with Crippen LogP contribution in [-0.4, -0.2) is 53.6 Å². The third-order valence-corrected chi connectivity index (χ3v) is 3.83. The van der Waals surface area contributed by atoms with Crippen LogP contribution in [0.5, 0.6) is 0 Å². The summed E-state index contributed by atoms with van der Waals surface area (Å²) in [5, 5.41) is 20.0. The molecule has 8 nitrogen and oxygen atoms in total. The van der Waals surface area contributed by atoms with Crippen molar-refractivity contribution in [3.05, 3.63) is 39.4 Å². The van der Waals surface area contributed by atoms with Gasteiger partial charge in [0, 0.05) is 37.9 Å². The van der Waals surface area contributed by atoms with Crippen molar-refractivity contribution in [2.75, 3.05) is 26.8 Å². The van der Waals surface area contributed by atoms with Crippen molar-refractivity contribution in [3.63, 3.8) is 0 Å². The molecule has 0 aromatic heterocycles. The fourth-order valence-electron chi connectivity index (χ4n) is 2.77. The van der Waals surface area contributed by atoms with Crippen molar-refractivity contribution in [2.45, 2.75) is 12.8 Å². The summed E-state index contributed by atoms with van der Waals surface area (Å²) in [6.07, 6.45) is 1.77. The second-order valence-corrected chi connectivity index (χ2v) is 5.55. The fraction of sp³-hybridized carbons (Fsp3) is 0.467. The van der Waals surface area contributed by atoms with E-state index in [2.05, 4.69) is 0 Å². The number of carboxylic acids is 1. The van der Waals surface area contributed by atoms with Crippen LogP contribution in [0.25, 0.3) is 0 Å². The number of hydrogen-bond donors (Lipinski definition) is 1. The lowest BCUT2D eigenvalue weighted by Gasteiger charge is -2.32. The normalized spacial score (nSPS) is 17.8. The van der Waals surface area contributed by atoms with Gasteiger partial charge in [-0.3, -0.25) is 14.9 Å². The van der Waals surface area contributed by atoms with E-state index in [9.17, 15) is 19.7 Å². The first kappa shape index (κ1) is 16.9. The van der Waals surface area contributed by atoms with E-state index in [1.165, 1.54) is 6.07 Å². The average molecular weight is 322 g/mol. The van der Waals surface area contributed by atoms with Gasteiger partial charge in [0.25, 0.3) is 11.6 Å². The van der Waals surface area contributed by atoms with E-state index in [-0.39, 0.29) is 17.0 Å². The van der Waals surface area contributed by atoms with Crippen molar-refractivity contribution in [1.82, 2.24) is 4.90 Å². The standard InChI is InChI=1S/C15H18N2O6/c1-23-9-10-3-2-4-16(8-10)14(18)11-5-12(15(19)20)7-13(6-11)17(21)22/h5-7,10H,2-4,8-9H2,1H3,(H,19,20). The van der Waals surface area contributed by atoms with Gasteiger partial charge in [-0.15, -0.1) is 0 Å². The monoisotopic (exact) mass is 322 g/mol. The van der Waals surface area contributed by atoms with Crippen LogP contribution >= 0.6 is 0 Å². The Balaban J connectivity index is 2.27. The SMILES string of the molecule is COCC1CCCN(C(=O)c2cc(C(=O)O)cc([N+](=O)[O-])c2)C1. The highest BCUT2D eigenvalue weighted by Gasteiger charge is 2.26. The van der Waals surface area contributed by atoms with Crippen LogP contribution in [0.3, 0.4) is 0 Å². The van der Waals surface area contributed by atoms with Crippen LogP contribution < -0.4 is 0 Å². The van der Waals surface area contributed by atoms with Gasteiger partial charge in [0.2, 0.25) is 0 Å². The molecule has 1 amide bonds. The molecule has 1 heterocycles. The number of likely N-dealkylation sites (tertiary alicyclic amines) is 1. The highest BCUT2D eigenvalue weighted by Crippen LogP contribution is 2.22. The maximum Gasteiger partial charge on any atom is 0.335 e. The Hall–Kier alpha value is -2.48. The molecule has 0 radical (unpaired) electrons. The maximum absolute atomic E-state index is 12.6. The quantitative estimate of drug-likeness (QED) is 0.653. The molecule has 0 aliphatic carbocycles. The highest BCUT2D eigenvalue weighted by atomic mass is 16.6. The number of aromatic carboxylic acids is 1. The minimum absolute atomic E-state index is 0.0228. The van der Waals surface area contributed by atoms with Gasteiger partial charge in [-0.05, 0) is 24.8 Å². The molecule has 2 rings (SSSR count). The van der Waals surface area contributed by atoms with Gasteiger partial charge in [0.1, 0.15) is 0 Å². The molecule has 1 fully saturated rings. The summed E-state index contributed by atoms with van der Waals surface area (Å²) < 4.78 is 5.11. The van der Waals surface area contributed by atoms with Crippen LogP contribution in [-0.2, 0) is 4.74 Å². The zero-order valence-corrected chi connectivity index (χ0v) is 12.7. The first-order chi connectivity index (χ1) is 10.9. The van der Waals surface area contributed by atoms with E-state index in [1.807, 2.05) is 0 Å². The van der Waals surface area contributed by atoms with E-state index in [0.717, 1.165) is 25.0 Å². The molecule has 0 spiro atoms. The first-order valence-electron chi connectivity index (χ1n) is 7.23. The molecule has 23 heavy (non-hydrogen) atoms. The van der Waals surface area contributed by atoms with Crippen LogP contribution in [0.4, 0.5) is 5.69 Å². The Labute approximate surface area is 132 Å². The number of carbonyl (C=O) groups is 2. The minimum Gasteiger partial charge on any atom is -0.478 e. The molecule has 1 aliphatic heterocycles. The second-order valence-electron chi connectivity index (χ2n) is 5.55. The van der Waals surface area contributed by atoms with Crippen LogP contribution in [0.1, 0.15) is 33.6 Å². The molecule has 1 N–H and O–H groups in total. The molecule has 1 aromatic rings. The van der Waals surface area contributed by atoms with Crippen molar-refractivity contribution >= 4 is 17.6 Å². The Morgan fingerprint density at radius 2 is 2.09 bits per heavy atom. The lowest BCUT2D eigenvalue weighted by atomic mass is 9.98. The number of ether oxygens (including phenoxy) is 1. The van der Waals surface area contributed by atoms with Crippen LogP contribution in [0.15, 0.2) is 18.2 Å². The Morgan fingerprint density at radius 1 is 1.39 bits per heavy atom. The number of carboxylic acid groups (broad SMARTS) is 1. The van der Waals surface area contributed by atoms with Crippen LogP contribution in [0.2, 0.25) is 0 Å². The van der Waals surface area contributed by atoms with E-state index in [4.69, 9.17) is 9.84 Å². The first-order valence-corrected chi connectivity index (χ1v) is 7.23. The number of benzene rings is 1. The summed E-state index contributed by atoms with van der Waals surface area (Å²) in [6.45, 7) is 1.58. The van der Waals surface area contributed by atoms with E-state index >= 15 is 0 Å². The number of rotatable bonds is 5. The number of carbonyl (C=O) groups excluding carboxylic acids is 1. The molecule has 0 saturated carbocycles. The van der Waals surface area contributed by atoms with E-state index in [0.29, 0.717) is 19.7 Å². The Bertz CT molecular complexity index is 596. The number of nitrogens with zero attached hydrogens (tertiary/aromatic N) is 2. The summed E-state index contributed by atoms with van der Waals surface area (Å²) >= 11 is 0. The number of amides is 1. The van der Waals surface area contributed by atoms with Gasteiger partial charge in [-0.2, -0.15) is 0 Å². The summed E-state index contributed by atoms with van der Waals surface area (Å²) in [6, 6.07) is 3.25. The van der Waals surface area contributed by atoms with Crippen LogP contribution in [0, 0.1) is 16.0 Å². The number of nitro groups is 1. The molecule has 0 bridgehead atoms. The second kappa shape index (κ2) is 7.19. The van der Waals surface area contributed by atoms with Gasteiger partial charge in [0.15, 0.2) is 0 Å². The molecular formula is C15H18N2O6. The Morgan fingerprint density at radius 3 is 2.70 bits per heavy atom. The zero-order chi connectivity index (χ0) is 17.0. The Kier molecular flexibility index (Phi) is 5.28. The van der Waals surface area contributed by atoms with Gasteiger partial charge in [-0.25, -0.2) is 4.79 Å². The average Bonchev–Trinajstić information content (AvgIpc) is 2.54. The number of piperidine rings is 1. The summed E-state index contributed by atoms with van der Waals surface area (Å²) in [5.41, 5.74) is -0.652. The summed E-state index contributed by atoms with van der Waals surface area (Å²) in [7, 11) is 1.60. The molecule has 1 aromatic carbocycles. The van der Waals surface area contributed by atoms with Crippen molar-refractivity contribution < 1.29 is 24.4 Å². The summed E-state index contributed by atoms with van der Waals surface area (Å²) in [4.78, 5) is 35.5. The molecule has 1 unspecified atom stereocenters. The van der Waals surface area contributed by atoms with Crippen molar-refractivity contribution in [2.24, 2.45) is 5.92 Å². The fourth-order valence-corrected chi connectivity index (χ4v) is 2.77. The molecule has 1 saturated heterocycles. The number of non-ortho nitro benzene ring substituents is 1. The minimum atomic E-state index is -1.31. The lowest BCUT2D eigenvalue weighted by Crippen LogP contribution is -2.41. The van der Waals surface area contributed by atoms with E-state index in [1.54, 1.807) is 12.0 Å². The zero-order valence-electron chi connectivity index (χ0n) is 12.7. The van der Waals surface area contributed by atoms with Gasteiger partial charge in [0.05, 0.1) is 17.1 Å². The van der Waals surface area contributed by atoms with Crippen molar-refractivity contribution in [1.29, 1.82) is 0 Å². The number of methoxy groups -OCH3 is 1. The molecular weight excluding hydrogens is 304 g/mol. The lowest BCUT2D eigenvalue weighted by molar-refractivity contribution is -0.384. The molecule has 124 valence electrons. The van der Waals surface area contributed by atoms with Gasteiger partial charge < -0.3 is 14.7 Å². The molecule has 8 heteroatoms. The maximum atomic E-state index is 12.6. The topological polar surface area (TPSA) is 110 Å². The third kappa shape index (κ3) is 4.04.